The highest BCUT2D eigenvalue weighted by molar-refractivity contribution is 5.93. The lowest BCUT2D eigenvalue weighted by Crippen LogP contribution is -2.23. The molecule has 0 saturated carbocycles. The van der Waals surface area contributed by atoms with Crippen LogP contribution in [-0.2, 0) is 6.54 Å². The first-order chi connectivity index (χ1) is 12.1. The summed E-state index contributed by atoms with van der Waals surface area (Å²) in [6.07, 6.45) is 2.86. The molecule has 0 aliphatic heterocycles. The van der Waals surface area contributed by atoms with Crippen molar-refractivity contribution >= 4 is 17.5 Å². The Kier molecular flexibility index (Phi) is 4.99. The average Bonchev–Trinajstić information content (AvgIpc) is 2.61. The van der Waals surface area contributed by atoms with Crippen LogP contribution in [0.2, 0.25) is 0 Å². The number of rotatable bonds is 5. The molecule has 25 heavy (non-hydrogen) atoms. The quantitative estimate of drug-likeness (QED) is 0.747. The van der Waals surface area contributed by atoms with Crippen molar-refractivity contribution in [1.29, 1.82) is 0 Å². The minimum atomic E-state index is -0.356. The summed E-state index contributed by atoms with van der Waals surface area (Å²) in [5.41, 5.74) is 2.73. The maximum atomic E-state index is 13.5. The molecule has 1 aromatic heterocycles. The number of nitrogens with one attached hydrogen (secondary N) is 2. The fourth-order valence-electron chi connectivity index (χ4n) is 2.28. The zero-order valence-electron chi connectivity index (χ0n) is 13.7. The number of amides is 1. The molecule has 3 rings (SSSR count). The number of anilines is 2. The van der Waals surface area contributed by atoms with Gasteiger partial charge in [0.25, 0.3) is 5.91 Å². The minimum Gasteiger partial charge on any atom is -0.348 e. The predicted molar refractivity (Wildman–Crippen MR) is 94.1 cm³/mol. The Morgan fingerprint density at radius 2 is 1.84 bits per heavy atom. The molecule has 0 atom stereocenters. The van der Waals surface area contributed by atoms with Crippen molar-refractivity contribution in [1.82, 2.24) is 15.3 Å². The van der Waals surface area contributed by atoms with Crippen molar-refractivity contribution in [2.24, 2.45) is 0 Å². The van der Waals surface area contributed by atoms with E-state index in [-0.39, 0.29) is 18.3 Å². The summed E-state index contributed by atoms with van der Waals surface area (Å²) < 4.78 is 13.5. The van der Waals surface area contributed by atoms with E-state index >= 15 is 0 Å². The van der Waals surface area contributed by atoms with Gasteiger partial charge in [0.2, 0.25) is 5.95 Å². The number of hydrogen-bond acceptors (Lipinski definition) is 4. The number of benzene rings is 2. The van der Waals surface area contributed by atoms with Gasteiger partial charge in [-0.15, -0.1) is 0 Å². The number of nitrogens with zero attached hydrogens (tertiary/aromatic N) is 2. The van der Waals surface area contributed by atoms with Crippen LogP contribution in [-0.4, -0.2) is 15.9 Å². The monoisotopic (exact) mass is 336 g/mol. The van der Waals surface area contributed by atoms with E-state index in [0.717, 1.165) is 11.3 Å². The maximum Gasteiger partial charge on any atom is 0.254 e. The number of carbonyl (C=O) groups is 1. The molecule has 2 aromatic carbocycles. The second-order valence-electron chi connectivity index (χ2n) is 5.56. The Morgan fingerprint density at radius 1 is 1.08 bits per heavy atom. The summed E-state index contributed by atoms with van der Waals surface area (Å²) in [6, 6.07) is 14.1. The van der Waals surface area contributed by atoms with Gasteiger partial charge < -0.3 is 10.6 Å². The topological polar surface area (TPSA) is 66.9 Å². The number of carbonyl (C=O) groups excluding carboxylic acids is 1. The Bertz CT molecular complexity index is 881. The lowest BCUT2D eigenvalue weighted by Gasteiger charge is -2.08. The smallest absolute Gasteiger partial charge is 0.254 e. The molecule has 0 bridgehead atoms. The van der Waals surface area contributed by atoms with Gasteiger partial charge in [-0.3, -0.25) is 4.79 Å². The summed E-state index contributed by atoms with van der Waals surface area (Å²) in [5.74, 6) is -0.307. The van der Waals surface area contributed by atoms with E-state index in [2.05, 4.69) is 20.6 Å². The summed E-state index contributed by atoms with van der Waals surface area (Å²) in [6.45, 7) is 2.10. The zero-order chi connectivity index (χ0) is 17.6. The molecule has 2 N–H and O–H groups in total. The molecule has 0 unspecified atom stereocenters. The molecule has 3 aromatic rings. The summed E-state index contributed by atoms with van der Waals surface area (Å²) in [7, 11) is 0. The third-order valence-corrected chi connectivity index (χ3v) is 3.59. The molecule has 126 valence electrons. The van der Waals surface area contributed by atoms with Gasteiger partial charge in [-0.25, -0.2) is 14.4 Å². The zero-order valence-corrected chi connectivity index (χ0v) is 13.7. The first kappa shape index (κ1) is 16.6. The first-order valence-corrected chi connectivity index (χ1v) is 7.79. The molecule has 0 fully saturated rings. The van der Waals surface area contributed by atoms with E-state index < -0.39 is 0 Å². The normalized spacial score (nSPS) is 10.3. The van der Waals surface area contributed by atoms with E-state index in [1.807, 2.05) is 31.2 Å². The van der Waals surface area contributed by atoms with Crippen LogP contribution in [0.15, 0.2) is 60.9 Å². The molecule has 0 radical (unpaired) electrons. The Morgan fingerprint density at radius 3 is 2.56 bits per heavy atom. The van der Waals surface area contributed by atoms with Crippen molar-refractivity contribution in [3.8, 4) is 0 Å². The highest BCUT2D eigenvalue weighted by Crippen LogP contribution is 2.14. The van der Waals surface area contributed by atoms with Gasteiger partial charge in [-0.05, 0) is 30.7 Å². The average molecular weight is 336 g/mol. The van der Waals surface area contributed by atoms with Gasteiger partial charge in [0, 0.05) is 30.2 Å². The Balaban J connectivity index is 1.61. The fraction of sp³-hybridized carbons (Fsp3) is 0.105. The van der Waals surface area contributed by atoms with Gasteiger partial charge in [0.15, 0.2) is 0 Å². The second-order valence-corrected chi connectivity index (χ2v) is 5.56. The lowest BCUT2D eigenvalue weighted by molar-refractivity contribution is 0.0950. The number of halogens is 1. The number of hydrogen-bond donors (Lipinski definition) is 2. The van der Waals surface area contributed by atoms with E-state index in [1.54, 1.807) is 18.2 Å². The van der Waals surface area contributed by atoms with Gasteiger partial charge >= 0.3 is 0 Å². The van der Waals surface area contributed by atoms with Crippen LogP contribution >= 0.6 is 0 Å². The van der Waals surface area contributed by atoms with Crippen molar-refractivity contribution in [2.75, 3.05) is 5.32 Å². The van der Waals surface area contributed by atoms with Crippen LogP contribution in [0, 0.1) is 12.7 Å². The van der Waals surface area contributed by atoms with Gasteiger partial charge in [-0.2, -0.15) is 0 Å². The highest BCUT2D eigenvalue weighted by atomic mass is 19.1. The van der Waals surface area contributed by atoms with Crippen molar-refractivity contribution in [3.63, 3.8) is 0 Å². The molecule has 0 saturated heterocycles. The SMILES string of the molecule is Cc1cccc(Nc2ncc(C(=O)NCc3ccccc3F)cn2)c1. The Hall–Kier alpha value is -3.28. The van der Waals surface area contributed by atoms with Crippen LogP contribution in [0.3, 0.4) is 0 Å². The van der Waals surface area contributed by atoms with Gasteiger partial charge in [0.05, 0.1) is 5.56 Å². The Labute approximate surface area is 145 Å². The van der Waals surface area contributed by atoms with E-state index in [4.69, 9.17) is 0 Å². The third-order valence-electron chi connectivity index (χ3n) is 3.59. The molecule has 5 nitrogen and oxygen atoms in total. The molecular weight excluding hydrogens is 319 g/mol. The van der Waals surface area contributed by atoms with Crippen LogP contribution in [0.4, 0.5) is 16.0 Å². The van der Waals surface area contributed by atoms with Crippen molar-refractivity contribution < 1.29 is 9.18 Å². The van der Waals surface area contributed by atoms with Gasteiger partial charge in [-0.1, -0.05) is 30.3 Å². The largest absolute Gasteiger partial charge is 0.348 e. The number of aromatic nitrogens is 2. The molecule has 1 amide bonds. The third kappa shape index (κ3) is 4.38. The highest BCUT2D eigenvalue weighted by Gasteiger charge is 2.08. The van der Waals surface area contributed by atoms with Gasteiger partial charge in [0.1, 0.15) is 5.82 Å². The van der Waals surface area contributed by atoms with Crippen LogP contribution in [0.25, 0.3) is 0 Å². The summed E-state index contributed by atoms with van der Waals surface area (Å²) >= 11 is 0. The predicted octanol–water partition coefficient (Wildman–Crippen LogP) is 3.60. The minimum absolute atomic E-state index is 0.106. The second kappa shape index (κ2) is 7.53. The fourth-order valence-corrected chi connectivity index (χ4v) is 2.28. The van der Waals surface area contributed by atoms with E-state index in [0.29, 0.717) is 17.1 Å². The van der Waals surface area contributed by atoms with Crippen LogP contribution in [0.1, 0.15) is 21.5 Å². The first-order valence-electron chi connectivity index (χ1n) is 7.79. The molecule has 0 spiro atoms. The van der Waals surface area contributed by atoms with Crippen LogP contribution < -0.4 is 10.6 Å². The van der Waals surface area contributed by atoms with Crippen molar-refractivity contribution in [3.05, 3.63) is 83.4 Å². The van der Waals surface area contributed by atoms with Crippen molar-refractivity contribution in [2.45, 2.75) is 13.5 Å². The van der Waals surface area contributed by atoms with E-state index in [9.17, 15) is 9.18 Å². The molecule has 0 aliphatic carbocycles. The standard InChI is InChI=1S/C19H17FN4O/c1-13-5-4-7-16(9-13)24-19-22-11-15(12-23-19)18(25)21-10-14-6-2-3-8-17(14)20/h2-9,11-12H,10H2,1H3,(H,21,25)(H,22,23,24). The molecule has 0 aliphatic rings. The molecule has 1 heterocycles. The molecular formula is C19H17FN4O. The summed E-state index contributed by atoms with van der Waals surface area (Å²) in [5, 5.41) is 5.73. The number of aryl methyl sites for hydroxylation is 1. The molecule has 6 heteroatoms. The van der Waals surface area contributed by atoms with E-state index in [1.165, 1.54) is 18.5 Å². The summed E-state index contributed by atoms with van der Waals surface area (Å²) in [4.78, 5) is 20.4. The van der Waals surface area contributed by atoms with Crippen LogP contribution in [0.5, 0.6) is 0 Å². The maximum absolute atomic E-state index is 13.5. The lowest BCUT2D eigenvalue weighted by atomic mass is 10.2.